The van der Waals surface area contributed by atoms with Crippen molar-refractivity contribution in [3.63, 3.8) is 0 Å². The van der Waals surface area contributed by atoms with E-state index in [4.69, 9.17) is 5.73 Å². The minimum atomic E-state index is -3.76. The maximum Gasteiger partial charge on any atom is 0.243 e. The minimum absolute atomic E-state index is 0.0123. The van der Waals surface area contributed by atoms with Gasteiger partial charge in [-0.2, -0.15) is 4.31 Å². The molecule has 142 valence electrons. The van der Waals surface area contributed by atoms with Gasteiger partial charge in [-0.25, -0.2) is 21.6 Å². The first-order valence-corrected chi connectivity index (χ1v) is 11.5. The maximum absolute atomic E-state index is 12.8. The van der Waals surface area contributed by atoms with Gasteiger partial charge in [-0.05, 0) is 56.8 Å². The standard InChI is InChI=1S/C16H27N3O4S2/c1-14-7-8-15(25(22,23)19-11-5-2-6-12-19)13-16(14)24(20,21)18-10-4-3-9-17/h7-8,13,18H,2-6,9-12,17H2,1H3. The first kappa shape index (κ1) is 20.3. The molecule has 25 heavy (non-hydrogen) atoms. The molecule has 1 saturated heterocycles. The molecule has 7 nitrogen and oxygen atoms in total. The van der Waals surface area contributed by atoms with E-state index in [9.17, 15) is 16.8 Å². The molecule has 0 unspecified atom stereocenters. The third-order valence-corrected chi connectivity index (χ3v) is 7.82. The molecule has 9 heteroatoms. The van der Waals surface area contributed by atoms with Crippen molar-refractivity contribution >= 4 is 20.0 Å². The number of hydrogen-bond acceptors (Lipinski definition) is 5. The van der Waals surface area contributed by atoms with E-state index in [1.807, 2.05) is 0 Å². The highest BCUT2D eigenvalue weighted by molar-refractivity contribution is 7.90. The van der Waals surface area contributed by atoms with Crippen molar-refractivity contribution in [2.75, 3.05) is 26.2 Å². The summed E-state index contributed by atoms with van der Waals surface area (Å²) >= 11 is 0. The van der Waals surface area contributed by atoms with Gasteiger partial charge < -0.3 is 5.73 Å². The van der Waals surface area contributed by atoms with Crippen LogP contribution in [-0.4, -0.2) is 47.3 Å². The van der Waals surface area contributed by atoms with Gasteiger partial charge in [-0.15, -0.1) is 0 Å². The van der Waals surface area contributed by atoms with E-state index in [0.717, 1.165) is 25.7 Å². The van der Waals surface area contributed by atoms with Crippen LogP contribution in [0.5, 0.6) is 0 Å². The monoisotopic (exact) mass is 389 g/mol. The number of nitrogens with one attached hydrogen (secondary N) is 1. The van der Waals surface area contributed by atoms with Gasteiger partial charge in [0, 0.05) is 19.6 Å². The first-order valence-electron chi connectivity index (χ1n) is 8.59. The van der Waals surface area contributed by atoms with Gasteiger partial charge in [0.2, 0.25) is 20.0 Å². The zero-order chi connectivity index (χ0) is 18.5. The summed E-state index contributed by atoms with van der Waals surface area (Å²) in [6, 6.07) is 4.29. The lowest BCUT2D eigenvalue weighted by atomic mass is 10.2. The summed E-state index contributed by atoms with van der Waals surface area (Å²) in [7, 11) is -7.42. The van der Waals surface area contributed by atoms with Crippen molar-refractivity contribution in [3.05, 3.63) is 23.8 Å². The van der Waals surface area contributed by atoms with E-state index < -0.39 is 20.0 Å². The SMILES string of the molecule is Cc1ccc(S(=O)(=O)N2CCCCC2)cc1S(=O)(=O)NCCCCN. The second-order valence-electron chi connectivity index (χ2n) is 6.29. The van der Waals surface area contributed by atoms with Gasteiger partial charge in [0.05, 0.1) is 9.79 Å². The van der Waals surface area contributed by atoms with Crippen molar-refractivity contribution in [3.8, 4) is 0 Å². The Morgan fingerprint density at radius 1 is 1.08 bits per heavy atom. The molecule has 0 aromatic heterocycles. The molecule has 0 radical (unpaired) electrons. The van der Waals surface area contributed by atoms with Crippen molar-refractivity contribution in [2.24, 2.45) is 5.73 Å². The zero-order valence-corrected chi connectivity index (χ0v) is 16.2. The fourth-order valence-corrected chi connectivity index (χ4v) is 5.80. The molecule has 0 spiro atoms. The Labute approximate surface area is 150 Å². The summed E-state index contributed by atoms with van der Waals surface area (Å²) in [6.07, 6.45) is 4.05. The van der Waals surface area contributed by atoms with E-state index >= 15 is 0 Å². The molecule has 0 amide bonds. The van der Waals surface area contributed by atoms with Gasteiger partial charge in [-0.1, -0.05) is 12.5 Å². The number of nitrogens with zero attached hydrogens (tertiary/aromatic N) is 1. The molecular formula is C16H27N3O4S2. The smallest absolute Gasteiger partial charge is 0.243 e. The lowest BCUT2D eigenvalue weighted by Crippen LogP contribution is -2.35. The second-order valence-corrected chi connectivity index (χ2v) is 9.96. The average Bonchev–Trinajstić information content (AvgIpc) is 2.59. The Morgan fingerprint density at radius 2 is 1.76 bits per heavy atom. The number of hydrogen-bond donors (Lipinski definition) is 2. The van der Waals surface area contributed by atoms with Gasteiger partial charge in [0.15, 0.2) is 0 Å². The third-order valence-electron chi connectivity index (χ3n) is 4.32. The molecular weight excluding hydrogens is 362 g/mol. The van der Waals surface area contributed by atoms with Crippen molar-refractivity contribution in [1.29, 1.82) is 0 Å². The number of unbranched alkanes of at least 4 members (excludes halogenated alkanes) is 1. The Kier molecular flexibility index (Phi) is 6.98. The maximum atomic E-state index is 12.8. The molecule has 1 aliphatic heterocycles. The lowest BCUT2D eigenvalue weighted by molar-refractivity contribution is 0.346. The molecule has 1 aromatic rings. The summed E-state index contributed by atoms with van der Waals surface area (Å²) in [4.78, 5) is 0.0423. The summed E-state index contributed by atoms with van der Waals surface area (Å²) in [5.74, 6) is 0. The predicted molar refractivity (Wildman–Crippen MR) is 97.3 cm³/mol. The number of nitrogens with two attached hydrogens (primary N) is 1. The van der Waals surface area contributed by atoms with Crippen LogP contribution in [0.3, 0.4) is 0 Å². The quantitative estimate of drug-likeness (QED) is 0.649. The Hall–Kier alpha value is -1.00. The third kappa shape index (κ3) is 5.01. The number of piperidine rings is 1. The number of sulfonamides is 2. The first-order chi connectivity index (χ1) is 11.8. The van der Waals surface area contributed by atoms with Crippen LogP contribution >= 0.6 is 0 Å². The summed E-state index contributed by atoms with van der Waals surface area (Å²) in [6.45, 7) is 3.41. The number of rotatable bonds is 8. The van der Waals surface area contributed by atoms with E-state index in [0.29, 0.717) is 31.6 Å². The molecule has 1 aromatic carbocycles. The van der Waals surface area contributed by atoms with Gasteiger partial charge in [0.1, 0.15) is 0 Å². The topological polar surface area (TPSA) is 110 Å². The second kappa shape index (κ2) is 8.59. The molecule has 0 atom stereocenters. The van der Waals surface area contributed by atoms with Gasteiger partial charge >= 0.3 is 0 Å². The van der Waals surface area contributed by atoms with Gasteiger partial charge in [0.25, 0.3) is 0 Å². The zero-order valence-electron chi connectivity index (χ0n) is 14.6. The number of aryl methyl sites for hydroxylation is 1. The van der Waals surface area contributed by atoms with Crippen molar-refractivity contribution in [1.82, 2.24) is 9.03 Å². The predicted octanol–water partition coefficient (Wildman–Crippen LogP) is 1.19. The van der Waals surface area contributed by atoms with Crippen LogP contribution in [0, 0.1) is 6.92 Å². The average molecular weight is 390 g/mol. The Bertz CT molecular complexity index is 786. The van der Waals surface area contributed by atoms with Crippen LogP contribution in [0.1, 0.15) is 37.7 Å². The van der Waals surface area contributed by atoms with E-state index in [2.05, 4.69) is 4.72 Å². The molecule has 3 N–H and O–H groups in total. The molecule has 1 fully saturated rings. The molecule has 0 bridgehead atoms. The molecule has 0 saturated carbocycles. The van der Waals surface area contributed by atoms with Crippen LogP contribution in [0.2, 0.25) is 0 Å². The largest absolute Gasteiger partial charge is 0.330 e. The summed E-state index contributed by atoms with van der Waals surface area (Å²) in [5.41, 5.74) is 5.92. The Balaban J connectivity index is 2.27. The van der Waals surface area contributed by atoms with E-state index in [-0.39, 0.29) is 16.3 Å². The normalized spacial score (nSPS) is 16.9. The summed E-state index contributed by atoms with van der Waals surface area (Å²) < 4.78 is 54.5. The Morgan fingerprint density at radius 3 is 2.40 bits per heavy atom. The fraction of sp³-hybridized carbons (Fsp3) is 0.625. The van der Waals surface area contributed by atoms with Crippen LogP contribution in [0.15, 0.2) is 28.0 Å². The molecule has 1 aliphatic rings. The van der Waals surface area contributed by atoms with Crippen molar-refractivity contribution in [2.45, 2.75) is 48.8 Å². The van der Waals surface area contributed by atoms with E-state index in [1.54, 1.807) is 13.0 Å². The highest BCUT2D eigenvalue weighted by Gasteiger charge is 2.28. The molecule has 2 rings (SSSR count). The number of benzene rings is 1. The van der Waals surface area contributed by atoms with E-state index in [1.165, 1.54) is 16.4 Å². The highest BCUT2D eigenvalue weighted by Crippen LogP contribution is 2.24. The summed E-state index contributed by atoms with van der Waals surface area (Å²) in [5, 5.41) is 0. The fourth-order valence-electron chi connectivity index (χ4n) is 2.84. The van der Waals surface area contributed by atoms with Crippen molar-refractivity contribution < 1.29 is 16.8 Å². The van der Waals surface area contributed by atoms with Crippen LogP contribution in [0.4, 0.5) is 0 Å². The van der Waals surface area contributed by atoms with Crippen LogP contribution < -0.4 is 10.5 Å². The lowest BCUT2D eigenvalue weighted by Gasteiger charge is -2.26. The molecule has 0 aliphatic carbocycles. The highest BCUT2D eigenvalue weighted by atomic mass is 32.2. The van der Waals surface area contributed by atoms with Crippen LogP contribution in [-0.2, 0) is 20.0 Å². The molecule has 1 heterocycles. The minimum Gasteiger partial charge on any atom is -0.330 e. The van der Waals surface area contributed by atoms with Gasteiger partial charge in [-0.3, -0.25) is 0 Å². The van der Waals surface area contributed by atoms with Crippen LogP contribution in [0.25, 0.3) is 0 Å².